The van der Waals surface area contributed by atoms with Crippen molar-refractivity contribution in [3.8, 4) is 11.5 Å². The van der Waals surface area contributed by atoms with E-state index < -0.39 is 35.0 Å². The number of aromatic hydroxyl groups is 1. The van der Waals surface area contributed by atoms with Crippen LogP contribution in [-0.4, -0.2) is 28.2 Å². The minimum absolute atomic E-state index is 0.0713. The number of nitrogens with two attached hydrogens (primary N) is 1. The molecule has 0 unspecified atom stereocenters. The Bertz CT molecular complexity index is 565. The number of carbonyl (C=O) groups is 2. The lowest BCUT2D eigenvalue weighted by atomic mass is 9.97. The number of benzene rings is 1. The molecule has 7 heteroatoms. The fourth-order valence-electron chi connectivity index (χ4n) is 1.40. The highest BCUT2D eigenvalue weighted by Crippen LogP contribution is 2.31. The first-order valence-electron chi connectivity index (χ1n) is 6.24. The fraction of sp³-hybridized carbons (Fsp3) is 0.429. The van der Waals surface area contributed by atoms with E-state index >= 15 is 0 Å². The molecular weight excluding hydrogens is 280 g/mol. The lowest BCUT2D eigenvalue weighted by molar-refractivity contribution is -0.143. The summed E-state index contributed by atoms with van der Waals surface area (Å²) in [6.07, 6.45) is -0.289. The van der Waals surface area contributed by atoms with Gasteiger partial charge in [0.1, 0.15) is 11.9 Å². The second kappa shape index (κ2) is 6.09. The van der Waals surface area contributed by atoms with Gasteiger partial charge < -0.3 is 20.7 Å². The monoisotopic (exact) mass is 298 g/mol. The zero-order valence-electron chi connectivity index (χ0n) is 12.0. The molecular formula is C14H18FNO5. The number of hydrogen-bond acceptors (Lipinski definition) is 5. The summed E-state index contributed by atoms with van der Waals surface area (Å²) < 4.78 is 18.8. The Kier molecular flexibility index (Phi) is 4.90. The van der Waals surface area contributed by atoms with E-state index in [9.17, 15) is 19.1 Å². The molecule has 1 aromatic carbocycles. The van der Waals surface area contributed by atoms with Gasteiger partial charge in [-0.3, -0.25) is 9.59 Å². The maximum atomic E-state index is 13.8. The first-order chi connectivity index (χ1) is 9.52. The Balaban J connectivity index is 3.00. The molecule has 0 saturated heterocycles. The highest BCUT2D eigenvalue weighted by molar-refractivity contribution is 5.78. The van der Waals surface area contributed by atoms with Crippen molar-refractivity contribution < 1.29 is 28.9 Å². The van der Waals surface area contributed by atoms with Gasteiger partial charge in [0.2, 0.25) is 0 Å². The first-order valence-corrected chi connectivity index (χ1v) is 6.24. The van der Waals surface area contributed by atoms with Gasteiger partial charge in [0.05, 0.1) is 5.41 Å². The van der Waals surface area contributed by atoms with Crippen molar-refractivity contribution in [3.63, 3.8) is 0 Å². The first kappa shape index (κ1) is 16.9. The Hall–Kier alpha value is -2.15. The van der Waals surface area contributed by atoms with Crippen LogP contribution in [-0.2, 0) is 16.0 Å². The number of esters is 1. The summed E-state index contributed by atoms with van der Waals surface area (Å²) in [6.45, 7) is 4.84. The molecule has 116 valence electrons. The number of carboxylic acid groups (broad SMARTS) is 1. The topological polar surface area (TPSA) is 110 Å². The van der Waals surface area contributed by atoms with E-state index in [0.717, 1.165) is 12.1 Å². The van der Waals surface area contributed by atoms with Crippen molar-refractivity contribution in [2.45, 2.75) is 33.2 Å². The minimum atomic E-state index is -1.29. The van der Waals surface area contributed by atoms with E-state index in [2.05, 4.69) is 0 Å². The van der Waals surface area contributed by atoms with Crippen molar-refractivity contribution in [2.24, 2.45) is 11.1 Å². The van der Waals surface area contributed by atoms with Gasteiger partial charge in [-0.15, -0.1) is 0 Å². The summed E-state index contributed by atoms with van der Waals surface area (Å²) in [5.74, 6) is -3.49. The van der Waals surface area contributed by atoms with Gasteiger partial charge in [-0.05, 0) is 32.4 Å². The van der Waals surface area contributed by atoms with E-state index in [1.165, 1.54) is 0 Å². The molecule has 1 atom stereocenters. The van der Waals surface area contributed by atoms with Crippen molar-refractivity contribution in [2.75, 3.05) is 0 Å². The van der Waals surface area contributed by atoms with Crippen LogP contribution < -0.4 is 10.5 Å². The number of carboxylic acids is 1. The predicted molar refractivity (Wildman–Crippen MR) is 72.5 cm³/mol. The molecule has 4 N–H and O–H groups in total. The molecule has 0 fully saturated rings. The van der Waals surface area contributed by atoms with Crippen LogP contribution in [0.4, 0.5) is 4.39 Å². The summed E-state index contributed by atoms with van der Waals surface area (Å²) in [7, 11) is 0. The molecule has 0 amide bonds. The SMILES string of the molecule is CC(C)(C)C(=O)Oc1cc([18F])c(C[C@H](N)C(=O)O)cc1O. The van der Waals surface area contributed by atoms with Crippen LogP contribution in [0, 0.1) is 11.2 Å². The van der Waals surface area contributed by atoms with Gasteiger partial charge in [-0.25, -0.2) is 4.39 Å². The number of hydrogen-bond donors (Lipinski definition) is 3. The summed E-state index contributed by atoms with van der Waals surface area (Å²) >= 11 is 0. The highest BCUT2D eigenvalue weighted by atomic mass is 18.2. The van der Waals surface area contributed by atoms with Crippen LogP contribution >= 0.6 is 0 Å². The van der Waals surface area contributed by atoms with Gasteiger partial charge in [0.15, 0.2) is 11.5 Å². The molecule has 0 aliphatic rings. The molecule has 0 spiro atoms. The molecule has 0 aromatic heterocycles. The number of halogens is 1. The molecule has 21 heavy (non-hydrogen) atoms. The molecule has 0 radical (unpaired) electrons. The molecule has 0 aliphatic carbocycles. The van der Waals surface area contributed by atoms with Crippen LogP contribution in [0.3, 0.4) is 0 Å². The van der Waals surface area contributed by atoms with Crippen LogP contribution in [0.15, 0.2) is 12.1 Å². The Labute approximate surface area is 121 Å². The third kappa shape index (κ3) is 4.42. The average molecular weight is 298 g/mol. The summed E-state index contributed by atoms with van der Waals surface area (Å²) in [6, 6.07) is 0.550. The summed E-state index contributed by atoms with van der Waals surface area (Å²) in [5.41, 5.74) is 4.43. The lowest BCUT2D eigenvalue weighted by Gasteiger charge is -2.17. The molecule has 0 heterocycles. The number of phenolic OH excluding ortho intramolecular Hbond substituents is 1. The maximum Gasteiger partial charge on any atom is 0.320 e. The van der Waals surface area contributed by atoms with Crippen LogP contribution in [0.5, 0.6) is 11.5 Å². The number of carbonyl (C=O) groups excluding carboxylic acids is 1. The maximum absolute atomic E-state index is 13.8. The third-order valence-electron chi connectivity index (χ3n) is 2.70. The minimum Gasteiger partial charge on any atom is -0.504 e. The number of ether oxygens (including phenoxy) is 1. The largest absolute Gasteiger partial charge is 0.504 e. The second-order valence-electron chi connectivity index (χ2n) is 5.70. The van der Waals surface area contributed by atoms with Gasteiger partial charge in [-0.2, -0.15) is 0 Å². The lowest BCUT2D eigenvalue weighted by Crippen LogP contribution is -2.32. The average Bonchev–Trinajstić information content (AvgIpc) is 2.33. The van der Waals surface area contributed by atoms with E-state index in [4.69, 9.17) is 15.6 Å². The second-order valence-corrected chi connectivity index (χ2v) is 5.70. The third-order valence-corrected chi connectivity index (χ3v) is 2.70. The molecule has 0 saturated carbocycles. The highest BCUT2D eigenvalue weighted by Gasteiger charge is 2.25. The van der Waals surface area contributed by atoms with Crippen LogP contribution in [0.2, 0.25) is 0 Å². The zero-order valence-corrected chi connectivity index (χ0v) is 12.0. The summed E-state index contributed by atoms with van der Waals surface area (Å²) in [5, 5.41) is 18.4. The Morgan fingerprint density at radius 1 is 1.38 bits per heavy atom. The standard InChI is InChI=1S/C14H18FNO5/c1-14(2,3)13(20)21-11-6-8(15)7(5-10(11)17)4-9(16)12(18)19/h5-6,9,17H,4,16H2,1-3H3,(H,18,19)/t9-/m0/s1/i15-1. The van der Waals surface area contributed by atoms with Crippen LogP contribution in [0.1, 0.15) is 26.3 Å². The molecule has 0 aliphatic heterocycles. The molecule has 1 rings (SSSR count). The Morgan fingerprint density at radius 2 is 1.95 bits per heavy atom. The smallest absolute Gasteiger partial charge is 0.320 e. The van der Waals surface area contributed by atoms with E-state index in [1.807, 2.05) is 0 Å². The van der Waals surface area contributed by atoms with Gasteiger partial charge in [-0.1, -0.05) is 0 Å². The van der Waals surface area contributed by atoms with Crippen molar-refractivity contribution in [1.29, 1.82) is 0 Å². The molecule has 1 aromatic rings. The van der Waals surface area contributed by atoms with Crippen molar-refractivity contribution >= 4 is 11.9 Å². The van der Waals surface area contributed by atoms with Crippen LogP contribution in [0.25, 0.3) is 0 Å². The van der Waals surface area contributed by atoms with Gasteiger partial charge in [0, 0.05) is 12.5 Å². The fourth-order valence-corrected chi connectivity index (χ4v) is 1.40. The number of phenols is 1. The number of rotatable bonds is 4. The predicted octanol–water partition coefficient (Wildman–Crippen LogP) is 1.44. The summed E-state index contributed by atoms with van der Waals surface area (Å²) in [4.78, 5) is 22.3. The quantitative estimate of drug-likeness (QED) is 0.573. The van der Waals surface area contributed by atoms with Gasteiger partial charge in [0.25, 0.3) is 0 Å². The normalized spacial score (nSPS) is 12.8. The van der Waals surface area contributed by atoms with Gasteiger partial charge >= 0.3 is 11.9 Å². The molecule has 0 bridgehead atoms. The van der Waals surface area contributed by atoms with Crippen molar-refractivity contribution in [3.05, 3.63) is 23.5 Å². The zero-order chi connectivity index (χ0) is 16.4. The van der Waals surface area contributed by atoms with E-state index in [-0.39, 0.29) is 17.7 Å². The number of aliphatic carboxylic acids is 1. The van der Waals surface area contributed by atoms with Crippen molar-refractivity contribution in [1.82, 2.24) is 0 Å². The van der Waals surface area contributed by atoms with E-state index in [1.54, 1.807) is 20.8 Å². The molecule has 6 nitrogen and oxygen atoms in total. The van der Waals surface area contributed by atoms with E-state index in [0.29, 0.717) is 0 Å². The Morgan fingerprint density at radius 3 is 2.43 bits per heavy atom.